The smallest absolute Gasteiger partial charge is 0.404 e. The normalized spacial score (nSPS) is 14.2. The van der Waals surface area contributed by atoms with Crippen molar-refractivity contribution in [1.29, 1.82) is 0 Å². The molecule has 8 heteroatoms. The molecule has 1 aromatic rings. The highest BCUT2D eigenvalue weighted by Crippen LogP contribution is 2.30. The van der Waals surface area contributed by atoms with E-state index < -0.39 is 18.0 Å². The van der Waals surface area contributed by atoms with Crippen LogP contribution in [0.4, 0.5) is 18.9 Å². The van der Waals surface area contributed by atoms with Gasteiger partial charge in [0.2, 0.25) is 5.91 Å². The van der Waals surface area contributed by atoms with Crippen LogP contribution in [0.3, 0.4) is 0 Å². The van der Waals surface area contributed by atoms with Crippen LogP contribution >= 0.6 is 12.4 Å². The van der Waals surface area contributed by atoms with Crippen molar-refractivity contribution in [3.63, 3.8) is 0 Å². The van der Waals surface area contributed by atoms with Crippen LogP contribution in [0, 0.1) is 5.92 Å². The van der Waals surface area contributed by atoms with E-state index in [9.17, 15) is 18.0 Å². The predicted molar refractivity (Wildman–Crippen MR) is 74.6 cm³/mol. The van der Waals surface area contributed by atoms with E-state index in [1.165, 1.54) is 18.2 Å². The second-order valence-corrected chi connectivity index (χ2v) is 4.67. The number of benzene rings is 1. The van der Waals surface area contributed by atoms with Gasteiger partial charge >= 0.3 is 6.36 Å². The van der Waals surface area contributed by atoms with Gasteiger partial charge in [-0.15, -0.1) is 25.6 Å². The molecule has 0 unspecified atom stereocenters. The molecule has 1 amide bonds. The van der Waals surface area contributed by atoms with Crippen molar-refractivity contribution in [2.24, 2.45) is 5.92 Å². The molecule has 1 saturated carbocycles. The topological polar surface area (TPSA) is 50.4 Å². The van der Waals surface area contributed by atoms with Gasteiger partial charge in [-0.3, -0.25) is 4.79 Å². The van der Waals surface area contributed by atoms with Crippen LogP contribution in [-0.2, 0) is 4.79 Å². The third kappa shape index (κ3) is 6.68. The summed E-state index contributed by atoms with van der Waals surface area (Å²) in [6, 6.07) is 5.44. The Balaban J connectivity index is 0.00000220. The molecule has 1 aliphatic rings. The van der Waals surface area contributed by atoms with E-state index in [4.69, 9.17) is 0 Å². The fourth-order valence-electron chi connectivity index (χ4n) is 1.69. The summed E-state index contributed by atoms with van der Waals surface area (Å²) in [6.07, 6.45) is -2.46. The number of carbonyl (C=O) groups excluding carboxylic acids is 1. The molecule has 0 aromatic heterocycles. The fourth-order valence-corrected chi connectivity index (χ4v) is 1.69. The summed E-state index contributed by atoms with van der Waals surface area (Å²) >= 11 is 0. The number of rotatable bonds is 6. The molecule has 0 atom stereocenters. The van der Waals surface area contributed by atoms with Crippen molar-refractivity contribution in [1.82, 2.24) is 5.32 Å². The van der Waals surface area contributed by atoms with Crippen molar-refractivity contribution < 1.29 is 22.7 Å². The minimum absolute atomic E-state index is 0. The second kappa shape index (κ2) is 7.51. The average Bonchev–Trinajstić information content (AvgIpc) is 3.14. The number of hydrogen-bond donors (Lipinski definition) is 2. The van der Waals surface area contributed by atoms with Crippen molar-refractivity contribution in [2.45, 2.75) is 19.2 Å². The van der Waals surface area contributed by atoms with Crippen LogP contribution in [0.15, 0.2) is 24.3 Å². The van der Waals surface area contributed by atoms with E-state index in [0.717, 1.165) is 25.5 Å². The molecule has 0 bridgehead atoms. The highest BCUT2D eigenvalue weighted by atomic mass is 35.5. The zero-order valence-corrected chi connectivity index (χ0v) is 11.9. The largest absolute Gasteiger partial charge is 0.573 e. The fraction of sp³-hybridized carbons (Fsp3) is 0.462. The van der Waals surface area contributed by atoms with Gasteiger partial charge in [0.1, 0.15) is 0 Å². The lowest BCUT2D eigenvalue weighted by atomic mass is 10.3. The number of alkyl halides is 3. The highest BCUT2D eigenvalue weighted by Gasteiger charge is 2.32. The minimum Gasteiger partial charge on any atom is -0.404 e. The first-order valence-electron chi connectivity index (χ1n) is 6.29. The molecule has 1 aliphatic carbocycles. The molecule has 1 aromatic carbocycles. The summed E-state index contributed by atoms with van der Waals surface area (Å²) in [5.74, 6) is -0.192. The quantitative estimate of drug-likeness (QED) is 0.846. The maximum absolute atomic E-state index is 12.2. The molecule has 2 N–H and O–H groups in total. The lowest BCUT2D eigenvalue weighted by Crippen LogP contribution is -2.29. The van der Waals surface area contributed by atoms with E-state index in [1.54, 1.807) is 0 Å². The number of hydrogen-bond acceptors (Lipinski definition) is 3. The average molecular weight is 325 g/mol. The van der Waals surface area contributed by atoms with Crippen molar-refractivity contribution in [3.8, 4) is 5.75 Å². The molecular formula is C13H16ClF3N2O2. The Labute approximate surface area is 126 Å². The number of carbonyl (C=O) groups is 1. The first kappa shape index (κ1) is 17.6. The number of ether oxygens (including phenoxy) is 1. The molecule has 0 spiro atoms. The van der Waals surface area contributed by atoms with E-state index in [-0.39, 0.29) is 24.6 Å². The Bertz CT molecular complexity index is 479. The maximum Gasteiger partial charge on any atom is 0.573 e. The third-order valence-corrected chi connectivity index (χ3v) is 2.80. The summed E-state index contributed by atoms with van der Waals surface area (Å²) in [5, 5.41) is 5.36. The lowest BCUT2D eigenvalue weighted by Gasteiger charge is -2.14. The molecule has 2 rings (SSSR count). The van der Waals surface area contributed by atoms with Crippen molar-refractivity contribution >= 4 is 24.0 Å². The highest BCUT2D eigenvalue weighted by molar-refractivity contribution is 5.93. The Kier molecular flexibility index (Phi) is 6.29. The summed E-state index contributed by atoms with van der Waals surface area (Å²) < 4.78 is 40.5. The van der Waals surface area contributed by atoms with Gasteiger partial charge in [-0.2, -0.15) is 0 Å². The van der Waals surface area contributed by atoms with E-state index in [0.29, 0.717) is 5.92 Å². The second-order valence-electron chi connectivity index (χ2n) is 4.67. The lowest BCUT2D eigenvalue weighted by molar-refractivity contribution is -0.274. The van der Waals surface area contributed by atoms with Crippen LogP contribution in [0.5, 0.6) is 5.75 Å². The summed E-state index contributed by atoms with van der Waals surface area (Å²) in [5.41, 5.74) is 0.00282. The molecular weight excluding hydrogens is 309 g/mol. The Morgan fingerprint density at radius 3 is 2.57 bits per heavy atom. The Hall–Kier alpha value is -1.47. The predicted octanol–water partition coefficient (Wildman–Crippen LogP) is 2.95. The zero-order valence-electron chi connectivity index (χ0n) is 11.1. The van der Waals surface area contributed by atoms with Crippen LogP contribution in [0.2, 0.25) is 0 Å². The van der Waals surface area contributed by atoms with Crippen LogP contribution in [0.25, 0.3) is 0 Å². The third-order valence-electron chi connectivity index (χ3n) is 2.80. The summed E-state index contributed by atoms with van der Waals surface area (Å²) in [7, 11) is 0. The van der Waals surface area contributed by atoms with E-state index >= 15 is 0 Å². The molecule has 118 valence electrons. The molecule has 0 saturated heterocycles. The van der Waals surface area contributed by atoms with Crippen LogP contribution < -0.4 is 15.4 Å². The van der Waals surface area contributed by atoms with Gasteiger partial charge < -0.3 is 15.4 Å². The maximum atomic E-state index is 12.2. The monoisotopic (exact) mass is 324 g/mol. The van der Waals surface area contributed by atoms with Gasteiger partial charge in [0.25, 0.3) is 0 Å². The van der Waals surface area contributed by atoms with Gasteiger partial charge in [0.15, 0.2) is 5.75 Å². The first-order valence-corrected chi connectivity index (χ1v) is 6.29. The molecule has 21 heavy (non-hydrogen) atoms. The molecule has 4 nitrogen and oxygen atoms in total. The summed E-state index contributed by atoms with van der Waals surface area (Å²) in [6.45, 7) is 0.824. The van der Waals surface area contributed by atoms with Gasteiger partial charge in [-0.25, -0.2) is 0 Å². The first-order chi connectivity index (χ1) is 9.44. The molecule has 0 aliphatic heterocycles. The SMILES string of the molecule is Cl.O=C(CNCC1CC1)Nc1ccccc1OC(F)(F)F. The van der Waals surface area contributed by atoms with Gasteiger partial charge in [-0.05, 0) is 37.4 Å². The zero-order chi connectivity index (χ0) is 14.6. The van der Waals surface area contributed by atoms with Crippen LogP contribution in [0.1, 0.15) is 12.8 Å². The summed E-state index contributed by atoms with van der Waals surface area (Å²) in [4.78, 5) is 11.6. The minimum atomic E-state index is -4.79. The van der Waals surface area contributed by atoms with Crippen molar-refractivity contribution in [3.05, 3.63) is 24.3 Å². The Morgan fingerprint density at radius 1 is 1.29 bits per heavy atom. The Morgan fingerprint density at radius 2 is 1.95 bits per heavy atom. The number of amides is 1. The van der Waals surface area contributed by atoms with Gasteiger partial charge in [0.05, 0.1) is 12.2 Å². The van der Waals surface area contributed by atoms with Crippen molar-refractivity contribution in [2.75, 3.05) is 18.4 Å². The molecule has 0 heterocycles. The van der Waals surface area contributed by atoms with Crippen LogP contribution in [-0.4, -0.2) is 25.4 Å². The number of para-hydroxylation sites is 2. The van der Waals surface area contributed by atoms with Gasteiger partial charge in [0, 0.05) is 0 Å². The molecule has 1 fully saturated rings. The molecule has 0 radical (unpaired) electrons. The number of anilines is 1. The van der Waals surface area contributed by atoms with E-state index in [1.807, 2.05) is 0 Å². The number of halogens is 4. The standard InChI is InChI=1S/C13H15F3N2O2.ClH/c14-13(15,16)20-11-4-2-1-3-10(11)18-12(19)8-17-7-9-5-6-9;/h1-4,9,17H,5-8H2,(H,18,19);1H. The van der Waals surface area contributed by atoms with Gasteiger partial charge in [-0.1, -0.05) is 12.1 Å². The number of nitrogens with one attached hydrogen (secondary N) is 2. The van der Waals surface area contributed by atoms with E-state index in [2.05, 4.69) is 15.4 Å².